The predicted octanol–water partition coefficient (Wildman–Crippen LogP) is 1.45. The van der Waals surface area contributed by atoms with Gasteiger partial charge in [0.15, 0.2) is 5.82 Å². The molecule has 1 fully saturated rings. The second-order valence-electron chi connectivity index (χ2n) is 7.65. The number of nitrogens with zero attached hydrogens (tertiary/aromatic N) is 4. The number of nitrogens with two attached hydrogens (primary N) is 1. The molecule has 0 unspecified atom stereocenters. The number of amides is 1. The van der Waals surface area contributed by atoms with Crippen LogP contribution in [0.1, 0.15) is 36.3 Å². The largest absolute Gasteiger partial charge is 0.387 e. The van der Waals surface area contributed by atoms with E-state index in [0.717, 1.165) is 18.8 Å². The zero-order chi connectivity index (χ0) is 21.2. The molecule has 2 aromatic heterocycles. The number of aliphatic hydroxyl groups is 1. The lowest BCUT2D eigenvalue weighted by molar-refractivity contribution is -0.00307. The minimum atomic E-state index is -1.61. The van der Waals surface area contributed by atoms with Gasteiger partial charge in [-0.2, -0.15) is 0 Å². The van der Waals surface area contributed by atoms with Crippen LogP contribution in [0.15, 0.2) is 24.7 Å². The Hall–Kier alpha value is -2.88. The van der Waals surface area contributed by atoms with Gasteiger partial charge >= 0.3 is 0 Å². The molecule has 0 saturated carbocycles. The van der Waals surface area contributed by atoms with Crippen LogP contribution in [0, 0.1) is 5.82 Å². The third-order valence-electron chi connectivity index (χ3n) is 4.85. The number of halogens is 2. The predicted molar refractivity (Wildman–Crippen MR) is 104 cm³/mol. The van der Waals surface area contributed by atoms with Crippen molar-refractivity contribution in [2.45, 2.75) is 44.5 Å². The minimum Gasteiger partial charge on any atom is -0.387 e. The van der Waals surface area contributed by atoms with E-state index in [4.69, 9.17) is 5.73 Å². The van der Waals surface area contributed by atoms with E-state index in [1.54, 1.807) is 6.07 Å². The molecule has 3 rings (SSSR count). The molecule has 0 aliphatic carbocycles. The average molecular weight is 406 g/mol. The Morgan fingerprint density at radius 3 is 2.72 bits per heavy atom. The smallest absolute Gasteiger partial charge is 0.252 e. The van der Waals surface area contributed by atoms with Crippen molar-refractivity contribution in [3.8, 4) is 0 Å². The van der Waals surface area contributed by atoms with Crippen LogP contribution in [0.4, 0.5) is 20.4 Å². The molecular weight excluding hydrogens is 382 g/mol. The molecule has 0 spiro atoms. The third kappa shape index (κ3) is 4.94. The lowest BCUT2D eigenvalue weighted by atomic mass is 9.96. The molecule has 1 amide bonds. The number of hydrogen-bond acceptors (Lipinski definition) is 7. The molecule has 3 heterocycles. The Kier molecular flexibility index (Phi) is 5.92. The second-order valence-corrected chi connectivity index (χ2v) is 7.65. The molecular formula is C19H24F2N6O2. The standard InChI is InChI=1S/C19H24F2N6O2/c1-19(2,29)15(21)7-14-16(17(22)28)13(3-5-23-14)26-12-4-6-27(10-12)18-24-8-11(20)9-25-18/h3,5,8-9,12,15,29H,4,6-7,10H2,1-2H3,(H2,22,28)(H,23,26)/t12-,15+/m0/s1. The first-order chi connectivity index (χ1) is 13.6. The van der Waals surface area contributed by atoms with Crippen LogP contribution in [0.2, 0.25) is 0 Å². The van der Waals surface area contributed by atoms with Crippen molar-refractivity contribution >= 4 is 17.5 Å². The van der Waals surface area contributed by atoms with Crippen LogP contribution in [0.3, 0.4) is 0 Å². The maximum atomic E-state index is 14.3. The SMILES string of the molecule is CC(C)(O)[C@H](F)Cc1nccc(N[C@H]2CCN(c3ncc(F)cn3)C2)c1C(N)=O. The van der Waals surface area contributed by atoms with Crippen LogP contribution >= 0.6 is 0 Å². The fourth-order valence-corrected chi connectivity index (χ4v) is 3.22. The van der Waals surface area contributed by atoms with Gasteiger partial charge in [0.25, 0.3) is 5.91 Å². The lowest BCUT2D eigenvalue weighted by Gasteiger charge is -2.23. The van der Waals surface area contributed by atoms with Crippen LogP contribution in [-0.4, -0.2) is 56.9 Å². The van der Waals surface area contributed by atoms with Gasteiger partial charge in [-0.15, -0.1) is 0 Å². The maximum Gasteiger partial charge on any atom is 0.252 e. The number of carbonyl (C=O) groups is 1. The van der Waals surface area contributed by atoms with Gasteiger partial charge in [0, 0.05) is 31.7 Å². The molecule has 0 aromatic carbocycles. The summed E-state index contributed by atoms with van der Waals surface area (Å²) in [6, 6.07) is 1.56. The minimum absolute atomic E-state index is 0.0486. The van der Waals surface area contributed by atoms with Gasteiger partial charge in [0.2, 0.25) is 5.95 Å². The summed E-state index contributed by atoms with van der Waals surface area (Å²) in [5.41, 5.74) is 4.72. The Morgan fingerprint density at radius 2 is 2.10 bits per heavy atom. The van der Waals surface area contributed by atoms with Crippen molar-refractivity contribution in [1.29, 1.82) is 0 Å². The summed E-state index contributed by atoms with van der Waals surface area (Å²) in [4.78, 5) is 26.0. The quantitative estimate of drug-likeness (QED) is 0.637. The first-order valence-corrected chi connectivity index (χ1v) is 9.28. The number of aromatic nitrogens is 3. The van der Waals surface area contributed by atoms with Crippen molar-refractivity contribution < 1.29 is 18.7 Å². The van der Waals surface area contributed by atoms with E-state index in [-0.39, 0.29) is 23.7 Å². The average Bonchev–Trinajstić information content (AvgIpc) is 3.10. The highest BCUT2D eigenvalue weighted by atomic mass is 19.1. The number of carbonyl (C=O) groups excluding carboxylic acids is 1. The molecule has 1 aliphatic heterocycles. The summed E-state index contributed by atoms with van der Waals surface area (Å²) in [5, 5.41) is 13.1. The Balaban J connectivity index is 1.76. The topological polar surface area (TPSA) is 117 Å². The number of alkyl halides is 1. The molecule has 0 bridgehead atoms. The molecule has 1 saturated heterocycles. The highest BCUT2D eigenvalue weighted by Gasteiger charge is 2.30. The first kappa shape index (κ1) is 20.8. The van der Waals surface area contributed by atoms with Crippen molar-refractivity contribution in [2.75, 3.05) is 23.3 Å². The van der Waals surface area contributed by atoms with Crippen molar-refractivity contribution in [3.63, 3.8) is 0 Å². The molecule has 0 radical (unpaired) electrons. The van der Waals surface area contributed by atoms with E-state index in [2.05, 4.69) is 20.3 Å². The highest BCUT2D eigenvalue weighted by Crippen LogP contribution is 2.26. The summed E-state index contributed by atoms with van der Waals surface area (Å²) in [7, 11) is 0. The van der Waals surface area contributed by atoms with Gasteiger partial charge in [-0.1, -0.05) is 0 Å². The van der Waals surface area contributed by atoms with E-state index in [0.29, 0.717) is 24.7 Å². The summed E-state index contributed by atoms with van der Waals surface area (Å²) >= 11 is 0. The summed E-state index contributed by atoms with van der Waals surface area (Å²) in [6.07, 6.45) is 2.57. The normalized spacial score (nSPS) is 18.0. The number of hydrogen-bond donors (Lipinski definition) is 3. The van der Waals surface area contributed by atoms with E-state index >= 15 is 0 Å². The van der Waals surface area contributed by atoms with Crippen molar-refractivity contribution in [3.05, 3.63) is 41.7 Å². The molecule has 2 atom stereocenters. The molecule has 156 valence electrons. The molecule has 2 aromatic rings. The monoisotopic (exact) mass is 406 g/mol. The Labute approximate surface area is 167 Å². The molecule has 4 N–H and O–H groups in total. The van der Waals surface area contributed by atoms with E-state index in [9.17, 15) is 18.7 Å². The number of anilines is 2. The van der Waals surface area contributed by atoms with Crippen molar-refractivity contribution in [2.24, 2.45) is 5.73 Å². The Bertz CT molecular complexity index is 872. The summed E-state index contributed by atoms with van der Waals surface area (Å²) in [6.45, 7) is 3.90. The fraction of sp³-hybridized carbons (Fsp3) is 0.474. The zero-order valence-electron chi connectivity index (χ0n) is 16.3. The van der Waals surface area contributed by atoms with Crippen LogP contribution in [-0.2, 0) is 6.42 Å². The summed E-state index contributed by atoms with van der Waals surface area (Å²) in [5.74, 6) is -0.808. The van der Waals surface area contributed by atoms with Gasteiger partial charge < -0.3 is 21.1 Å². The van der Waals surface area contributed by atoms with Crippen LogP contribution in [0.5, 0.6) is 0 Å². The van der Waals surface area contributed by atoms with Crippen molar-refractivity contribution in [1.82, 2.24) is 15.0 Å². The van der Waals surface area contributed by atoms with Gasteiger partial charge in [-0.3, -0.25) is 9.78 Å². The molecule has 8 nitrogen and oxygen atoms in total. The number of rotatable bonds is 7. The first-order valence-electron chi connectivity index (χ1n) is 9.28. The van der Waals surface area contributed by atoms with Crippen LogP contribution < -0.4 is 16.0 Å². The number of primary amides is 1. The zero-order valence-corrected chi connectivity index (χ0v) is 16.3. The fourth-order valence-electron chi connectivity index (χ4n) is 3.22. The highest BCUT2D eigenvalue weighted by molar-refractivity contribution is 5.99. The van der Waals surface area contributed by atoms with Crippen LogP contribution in [0.25, 0.3) is 0 Å². The molecule has 1 aliphatic rings. The number of pyridine rings is 1. The van der Waals surface area contributed by atoms with E-state index in [1.807, 2.05) is 4.90 Å². The lowest BCUT2D eigenvalue weighted by Crippen LogP contribution is -2.35. The van der Waals surface area contributed by atoms with Gasteiger partial charge in [0.05, 0.1) is 34.9 Å². The van der Waals surface area contributed by atoms with Gasteiger partial charge in [-0.25, -0.2) is 18.7 Å². The summed E-state index contributed by atoms with van der Waals surface area (Å²) < 4.78 is 27.3. The molecule has 29 heavy (non-hydrogen) atoms. The Morgan fingerprint density at radius 1 is 1.41 bits per heavy atom. The maximum absolute atomic E-state index is 14.3. The van der Waals surface area contributed by atoms with Gasteiger partial charge in [0.1, 0.15) is 6.17 Å². The van der Waals surface area contributed by atoms with Gasteiger partial charge in [-0.05, 0) is 26.3 Å². The second kappa shape index (κ2) is 8.24. The number of nitrogens with one attached hydrogen (secondary N) is 1. The molecule has 10 heteroatoms. The van der Waals surface area contributed by atoms with E-state index in [1.165, 1.54) is 20.0 Å². The third-order valence-corrected chi connectivity index (χ3v) is 4.85. The van der Waals surface area contributed by atoms with E-state index < -0.39 is 23.5 Å².